The molecule has 1 fully saturated rings. The Morgan fingerprint density at radius 3 is 2.83 bits per heavy atom. The van der Waals surface area contributed by atoms with Crippen LogP contribution in [0.3, 0.4) is 0 Å². The molecular weight excluding hydrogens is 232 g/mol. The topological polar surface area (TPSA) is 79.9 Å². The Hall–Kier alpha value is -1.43. The molecule has 2 N–H and O–H groups in total. The van der Waals surface area contributed by atoms with E-state index in [1.165, 1.54) is 0 Å². The Bertz CT molecular complexity index is 416. The number of H-pyrrole nitrogens is 1. The second kappa shape index (κ2) is 5.06. The van der Waals surface area contributed by atoms with E-state index in [2.05, 4.69) is 20.5 Å². The number of aromatic amines is 1. The van der Waals surface area contributed by atoms with E-state index in [9.17, 15) is 4.79 Å². The lowest BCUT2D eigenvalue weighted by molar-refractivity contribution is 0.0619. The van der Waals surface area contributed by atoms with Crippen molar-refractivity contribution in [3.63, 3.8) is 0 Å². The van der Waals surface area contributed by atoms with Crippen molar-refractivity contribution in [2.75, 3.05) is 13.2 Å². The first-order valence-electron chi connectivity index (χ1n) is 6.28. The van der Waals surface area contributed by atoms with Crippen molar-refractivity contribution in [2.24, 2.45) is 0 Å². The molecule has 1 aromatic heterocycles. The second-order valence-corrected chi connectivity index (χ2v) is 5.65. The number of carbonyl (C=O) groups excluding carboxylic acids is 1. The molecule has 2 rings (SSSR count). The van der Waals surface area contributed by atoms with Gasteiger partial charge in [0.25, 0.3) is 5.91 Å². The molecule has 0 aliphatic carbocycles. The van der Waals surface area contributed by atoms with Crippen molar-refractivity contribution in [3.05, 3.63) is 11.6 Å². The van der Waals surface area contributed by atoms with Crippen molar-refractivity contribution < 1.29 is 9.53 Å². The fourth-order valence-corrected chi connectivity index (χ4v) is 1.80. The fourth-order valence-electron chi connectivity index (χ4n) is 1.80. The first-order valence-corrected chi connectivity index (χ1v) is 6.28. The van der Waals surface area contributed by atoms with Gasteiger partial charge in [-0.25, -0.2) is 4.98 Å². The quantitative estimate of drug-likeness (QED) is 0.823. The minimum Gasteiger partial charge on any atom is -0.379 e. The lowest BCUT2D eigenvalue weighted by Gasteiger charge is -2.22. The maximum absolute atomic E-state index is 11.9. The van der Waals surface area contributed by atoms with Gasteiger partial charge in [0.05, 0.1) is 12.6 Å². The van der Waals surface area contributed by atoms with Crippen molar-refractivity contribution in [2.45, 2.75) is 45.1 Å². The summed E-state index contributed by atoms with van der Waals surface area (Å²) in [6.07, 6.45) is 1.93. The average Bonchev–Trinajstić information content (AvgIpc) is 2.79. The number of nitrogens with one attached hydrogen (secondary N) is 2. The third-order valence-corrected chi connectivity index (χ3v) is 2.89. The molecule has 1 unspecified atom stereocenters. The molecule has 1 aliphatic heterocycles. The average molecular weight is 252 g/mol. The van der Waals surface area contributed by atoms with E-state index in [-0.39, 0.29) is 23.2 Å². The highest BCUT2D eigenvalue weighted by atomic mass is 16.5. The molecule has 0 spiro atoms. The van der Waals surface area contributed by atoms with E-state index >= 15 is 0 Å². The van der Waals surface area contributed by atoms with Gasteiger partial charge in [0.1, 0.15) is 5.82 Å². The molecule has 0 saturated carbocycles. The number of hydrogen-bond acceptors (Lipinski definition) is 4. The van der Waals surface area contributed by atoms with Gasteiger partial charge in [-0.2, -0.15) is 0 Å². The fraction of sp³-hybridized carbons (Fsp3) is 0.750. The van der Waals surface area contributed by atoms with Gasteiger partial charge >= 0.3 is 0 Å². The van der Waals surface area contributed by atoms with Crippen LogP contribution >= 0.6 is 0 Å². The number of nitrogens with zero attached hydrogens (tertiary/aromatic N) is 2. The third-order valence-electron chi connectivity index (χ3n) is 2.89. The molecule has 6 heteroatoms. The van der Waals surface area contributed by atoms with Gasteiger partial charge in [-0.3, -0.25) is 9.89 Å². The molecule has 100 valence electrons. The summed E-state index contributed by atoms with van der Waals surface area (Å²) in [6, 6.07) is 0.0721. The summed E-state index contributed by atoms with van der Waals surface area (Å²) < 4.78 is 5.31. The molecule has 1 saturated heterocycles. The lowest BCUT2D eigenvalue weighted by Crippen LogP contribution is -2.41. The van der Waals surface area contributed by atoms with Gasteiger partial charge in [0.15, 0.2) is 0 Å². The predicted molar refractivity (Wildman–Crippen MR) is 66.4 cm³/mol. The largest absolute Gasteiger partial charge is 0.379 e. The van der Waals surface area contributed by atoms with Crippen molar-refractivity contribution in [3.8, 4) is 0 Å². The van der Waals surface area contributed by atoms with Gasteiger partial charge in [-0.1, -0.05) is 20.8 Å². The van der Waals surface area contributed by atoms with Crippen LogP contribution in [-0.2, 0) is 10.2 Å². The van der Waals surface area contributed by atoms with E-state index in [1.807, 2.05) is 20.8 Å². The van der Waals surface area contributed by atoms with E-state index in [1.54, 1.807) is 0 Å². The number of aromatic nitrogens is 3. The molecule has 0 radical (unpaired) electrons. The number of amides is 1. The Balaban J connectivity index is 1.98. The van der Waals surface area contributed by atoms with Crippen LogP contribution in [0.25, 0.3) is 0 Å². The van der Waals surface area contributed by atoms with E-state index in [0.717, 1.165) is 19.4 Å². The zero-order chi connectivity index (χ0) is 13.2. The predicted octanol–water partition coefficient (Wildman–Crippen LogP) is 1.01. The second-order valence-electron chi connectivity index (χ2n) is 5.65. The summed E-state index contributed by atoms with van der Waals surface area (Å²) >= 11 is 0. The van der Waals surface area contributed by atoms with Crippen LogP contribution in [0, 0.1) is 0 Å². The molecule has 1 aromatic rings. The Labute approximate surface area is 107 Å². The minimum absolute atomic E-state index is 0.0721. The molecule has 6 nitrogen and oxygen atoms in total. The van der Waals surface area contributed by atoms with E-state index in [0.29, 0.717) is 12.4 Å². The molecule has 0 aromatic carbocycles. The maximum atomic E-state index is 11.9. The molecule has 1 atom stereocenters. The lowest BCUT2D eigenvalue weighted by atomic mass is 9.96. The SMILES string of the molecule is CC(C)(C)c1nc(C(=O)NC2CCCOC2)n[nH]1. The van der Waals surface area contributed by atoms with Gasteiger partial charge in [0, 0.05) is 12.0 Å². The normalized spacial score (nSPS) is 20.7. The summed E-state index contributed by atoms with van der Waals surface area (Å²) in [7, 11) is 0. The number of ether oxygens (including phenoxy) is 1. The molecular formula is C12H20N4O2. The Kier molecular flexibility index (Phi) is 3.65. The number of rotatable bonds is 2. The van der Waals surface area contributed by atoms with Crippen LogP contribution in [0.2, 0.25) is 0 Å². The number of hydrogen-bond donors (Lipinski definition) is 2. The van der Waals surface area contributed by atoms with Gasteiger partial charge in [0.2, 0.25) is 5.82 Å². The van der Waals surface area contributed by atoms with E-state index in [4.69, 9.17) is 4.74 Å². The molecule has 18 heavy (non-hydrogen) atoms. The smallest absolute Gasteiger partial charge is 0.291 e. The summed E-state index contributed by atoms with van der Waals surface area (Å²) in [6.45, 7) is 7.40. The van der Waals surface area contributed by atoms with Crippen LogP contribution in [-0.4, -0.2) is 40.3 Å². The van der Waals surface area contributed by atoms with Gasteiger partial charge in [-0.15, -0.1) is 5.10 Å². The van der Waals surface area contributed by atoms with Crippen molar-refractivity contribution >= 4 is 5.91 Å². The zero-order valence-corrected chi connectivity index (χ0v) is 11.1. The first kappa shape index (κ1) is 13.0. The number of carbonyl (C=O) groups is 1. The molecule has 1 aliphatic rings. The third kappa shape index (κ3) is 3.07. The van der Waals surface area contributed by atoms with Gasteiger partial charge in [-0.05, 0) is 12.8 Å². The summed E-state index contributed by atoms with van der Waals surface area (Å²) in [5.41, 5.74) is -0.139. The first-order chi connectivity index (χ1) is 8.47. The van der Waals surface area contributed by atoms with Crippen LogP contribution in [0.4, 0.5) is 0 Å². The highest BCUT2D eigenvalue weighted by molar-refractivity contribution is 5.90. The maximum Gasteiger partial charge on any atom is 0.291 e. The van der Waals surface area contributed by atoms with Crippen molar-refractivity contribution in [1.82, 2.24) is 20.5 Å². The van der Waals surface area contributed by atoms with Crippen molar-refractivity contribution in [1.29, 1.82) is 0 Å². The molecule has 1 amide bonds. The molecule has 0 bridgehead atoms. The summed E-state index contributed by atoms with van der Waals surface area (Å²) in [4.78, 5) is 16.2. The van der Waals surface area contributed by atoms with E-state index < -0.39 is 0 Å². The van der Waals surface area contributed by atoms with Crippen LogP contribution < -0.4 is 5.32 Å². The summed E-state index contributed by atoms with van der Waals surface area (Å²) in [5.74, 6) is 0.676. The highest BCUT2D eigenvalue weighted by Gasteiger charge is 2.23. The van der Waals surface area contributed by atoms with Crippen LogP contribution in [0.5, 0.6) is 0 Å². The monoisotopic (exact) mass is 252 g/mol. The standard InChI is InChI=1S/C12H20N4O2/c1-12(2,3)11-14-9(15-16-11)10(17)13-8-5-4-6-18-7-8/h8H,4-7H2,1-3H3,(H,13,17)(H,14,15,16). The zero-order valence-electron chi connectivity index (χ0n) is 11.1. The summed E-state index contributed by atoms with van der Waals surface area (Å²) in [5, 5.41) is 9.66. The van der Waals surface area contributed by atoms with Crippen LogP contribution in [0.15, 0.2) is 0 Å². The Morgan fingerprint density at radius 2 is 2.28 bits per heavy atom. The Morgan fingerprint density at radius 1 is 1.50 bits per heavy atom. The minimum atomic E-state index is -0.239. The highest BCUT2D eigenvalue weighted by Crippen LogP contribution is 2.17. The van der Waals surface area contributed by atoms with Crippen LogP contribution in [0.1, 0.15) is 50.1 Å². The van der Waals surface area contributed by atoms with Gasteiger partial charge < -0.3 is 10.1 Å². The molecule has 2 heterocycles.